The van der Waals surface area contributed by atoms with E-state index in [4.69, 9.17) is 19.9 Å². The van der Waals surface area contributed by atoms with Crippen molar-refractivity contribution in [1.82, 2.24) is 0 Å². The summed E-state index contributed by atoms with van der Waals surface area (Å²) in [4.78, 5) is 0.148. The van der Waals surface area contributed by atoms with E-state index in [1.807, 2.05) is 13.0 Å². The Labute approximate surface area is 165 Å². The molecular formula is C20H25NO6S. The molecule has 0 spiro atoms. The van der Waals surface area contributed by atoms with E-state index in [2.05, 4.69) is 0 Å². The first-order valence-corrected chi connectivity index (χ1v) is 10.8. The van der Waals surface area contributed by atoms with Crippen LogP contribution in [0.25, 0.3) is 0 Å². The fraction of sp³-hybridized carbons (Fsp3) is 0.400. The molecule has 1 atom stereocenters. The summed E-state index contributed by atoms with van der Waals surface area (Å²) in [6.07, 6.45) is 2.00. The highest BCUT2D eigenvalue weighted by Crippen LogP contribution is 2.40. The Morgan fingerprint density at radius 3 is 2.71 bits per heavy atom. The van der Waals surface area contributed by atoms with E-state index in [1.165, 1.54) is 13.2 Å². The maximum atomic E-state index is 12.1. The van der Waals surface area contributed by atoms with Gasteiger partial charge < -0.3 is 25.1 Å². The van der Waals surface area contributed by atoms with E-state index >= 15 is 0 Å². The van der Waals surface area contributed by atoms with Gasteiger partial charge in [-0.25, -0.2) is 8.42 Å². The van der Waals surface area contributed by atoms with E-state index in [0.717, 1.165) is 12.0 Å². The molecule has 1 aliphatic heterocycles. The molecule has 2 aromatic carbocycles. The number of sulfone groups is 1. The van der Waals surface area contributed by atoms with E-state index in [1.54, 1.807) is 18.2 Å². The first kappa shape index (κ1) is 20.3. The van der Waals surface area contributed by atoms with E-state index in [9.17, 15) is 13.5 Å². The van der Waals surface area contributed by atoms with Gasteiger partial charge in [-0.2, -0.15) is 0 Å². The molecule has 7 nitrogen and oxygen atoms in total. The van der Waals surface area contributed by atoms with Crippen molar-refractivity contribution in [3.8, 4) is 23.0 Å². The minimum Gasteiger partial charge on any atom is -0.504 e. The summed E-state index contributed by atoms with van der Waals surface area (Å²) >= 11 is 0. The van der Waals surface area contributed by atoms with Gasteiger partial charge in [-0.1, -0.05) is 13.0 Å². The zero-order valence-electron chi connectivity index (χ0n) is 16.0. The van der Waals surface area contributed by atoms with Crippen molar-refractivity contribution < 1.29 is 27.7 Å². The monoisotopic (exact) mass is 407 g/mol. The standard InChI is InChI=1S/C20H25NO6S/c1-3-8-26-18-11-20-19(27-12-28(20,23)24)10-14(18)15(21)6-4-13-5-7-17(25-2)16(22)9-13/h5,7,9-11,15,22H,3-4,6,8,12,21H2,1-2H3. The Morgan fingerprint density at radius 1 is 1.25 bits per heavy atom. The summed E-state index contributed by atoms with van der Waals surface area (Å²) in [6.45, 7) is 2.44. The second-order valence-electron chi connectivity index (χ2n) is 6.71. The van der Waals surface area contributed by atoms with Crippen molar-refractivity contribution in [2.24, 2.45) is 5.73 Å². The van der Waals surface area contributed by atoms with Crippen LogP contribution in [0.5, 0.6) is 23.0 Å². The Bertz CT molecular complexity index is 957. The lowest BCUT2D eigenvalue weighted by atomic mass is 9.98. The quantitative estimate of drug-likeness (QED) is 0.692. The van der Waals surface area contributed by atoms with Crippen molar-refractivity contribution >= 4 is 9.84 Å². The lowest BCUT2D eigenvalue weighted by Crippen LogP contribution is -2.14. The molecule has 2 aromatic rings. The number of aryl methyl sites for hydroxylation is 1. The van der Waals surface area contributed by atoms with E-state index < -0.39 is 9.84 Å². The van der Waals surface area contributed by atoms with Crippen molar-refractivity contribution in [2.75, 3.05) is 19.7 Å². The molecule has 0 saturated heterocycles. The summed E-state index contributed by atoms with van der Waals surface area (Å²) in [5.74, 6) is 0.924. The van der Waals surface area contributed by atoms with Crippen LogP contribution in [0.1, 0.15) is 36.9 Å². The average molecular weight is 407 g/mol. The molecule has 8 heteroatoms. The molecule has 28 heavy (non-hydrogen) atoms. The predicted octanol–water partition coefficient (Wildman–Crippen LogP) is 2.95. The smallest absolute Gasteiger partial charge is 0.217 e. The number of methoxy groups -OCH3 is 1. The zero-order chi connectivity index (χ0) is 20.3. The number of aromatic hydroxyl groups is 1. The molecule has 0 aliphatic carbocycles. The third-order valence-corrected chi connectivity index (χ3v) is 6.05. The van der Waals surface area contributed by atoms with Crippen LogP contribution in [-0.2, 0) is 16.3 Å². The fourth-order valence-corrected chi connectivity index (χ4v) is 4.23. The second kappa shape index (κ2) is 8.28. The maximum Gasteiger partial charge on any atom is 0.217 e. The van der Waals surface area contributed by atoms with E-state index in [0.29, 0.717) is 42.3 Å². The molecule has 1 aliphatic rings. The van der Waals surface area contributed by atoms with Crippen LogP contribution in [0.15, 0.2) is 35.2 Å². The van der Waals surface area contributed by atoms with Gasteiger partial charge in [0.1, 0.15) is 16.4 Å². The van der Waals surface area contributed by atoms with Crippen LogP contribution in [0.2, 0.25) is 0 Å². The Hall–Kier alpha value is -2.45. The molecule has 0 bridgehead atoms. The van der Waals surface area contributed by atoms with Crippen LogP contribution in [0, 0.1) is 0 Å². The van der Waals surface area contributed by atoms with Crippen molar-refractivity contribution in [3.05, 3.63) is 41.5 Å². The number of hydrogen-bond donors (Lipinski definition) is 2. The number of phenols is 1. The molecule has 0 radical (unpaired) electrons. The number of rotatable bonds is 8. The average Bonchev–Trinajstić information content (AvgIpc) is 2.98. The number of nitrogens with two attached hydrogens (primary N) is 1. The van der Waals surface area contributed by atoms with Crippen LogP contribution >= 0.6 is 0 Å². The van der Waals surface area contributed by atoms with Crippen molar-refractivity contribution in [2.45, 2.75) is 37.1 Å². The normalized spacial score (nSPS) is 15.5. The van der Waals surface area contributed by atoms with Crippen molar-refractivity contribution in [3.63, 3.8) is 0 Å². The fourth-order valence-electron chi connectivity index (χ4n) is 3.11. The molecule has 152 valence electrons. The summed E-state index contributed by atoms with van der Waals surface area (Å²) < 4.78 is 40.4. The minimum absolute atomic E-state index is 0.0803. The summed E-state index contributed by atoms with van der Waals surface area (Å²) in [5, 5.41) is 9.92. The molecule has 3 N–H and O–H groups in total. The van der Waals surface area contributed by atoms with Crippen LogP contribution < -0.4 is 19.9 Å². The predicted molar refractivity (Wildman–Crippen MR) is 105 cm³/mol. The third-order valence-electron chi connectivity index (χ3n) is 4.63. The van der Waals surface area contributed by atoms with Gasteiger partial charge in [-0.3, -0.25) is 0 Å². The molecule has 0 aromatic heterocycles. The third kappa shape index (κ3) is 4.18. The Kier molecular flexibility index (Phi) is 6.00. The number of hydrogen-bond acceptors (Lipinski definition) is 7. The first-order valence-electron chi connectivity index (χ1n) is 9.13. The van der Waals surface area contributed by atoms with Crippen LogP contribution in [-0.4, -0.2) is 33.2 Å². The van der Waals surface area contributed by atoms with Gasteiger partial charge in [0.2, 0.25) is 9.84 Å². The molecule has 0 amide bonds. The van der Waals surface area contributed by atoms with Gasteiger partial charge in [-0.15, -0.1) is 0 Å². The number of ether oxygens (including phenoxy) is 3. The van der Waals surface area contributed by atoms with Crippen molar-refractivity contribution in [1.29, 1.82) is 0 Å². The molecule has 0 fully saturated rings. The van der Waals surface area contributed by atoms with Gasteiger partial charge in [0.25, 0.3) is 0 Å². The lowest BCUT2D eigenvalue weighted by molar-refractivity contribution is 0.309. The van der Waals surface area contributed by atoms with Gasteiger partial charge >= 0.3 is 0 Å². The van der Waals surface area contributed by atoms with Gasteiger partial charge in [0.15, 0.2) is 17.4 Å². The van der Waals surface area contributed by atoms with Crippen LogP contribution in [0.4, 0.5) is 0 Å². The molecular weight excluding hydrogens is 382 g/mol. The van der Waals surface area contributed by atoms with Gasteiger partial charge in [-0.05, 0) is 43.0 Å². The highest BCUT2D eigenvalue weighted by atomic mass is 32.2. The molecule has 0 saturated carbocycles. The second-order valence-corrected chi connectivity index (χ2v) is 8.62. The number of benzene rings is 2. The topological polar surface area (TPSA) is 108 Å². The number of fused-ring (bicyclic) bond motifs is 1. The maximum absolute atomic E-state index is 12.1. The first-order chi connectivity index (χ1) is 13.4. The van der Waals surface area contributed by atoms with Gasteiger partial charge in [0, 0.05) is 17.7 Å². The van der Waals surface area contributed by atoms with Crippen LogP contribution in [0.3, 0.4) is 0 Å². The number of phenolic OH excluding ortho intramolecular Hbond substituents is 1. The summed E-state index contributed by atoms with van der Waals surface area (Å²) in [5.41, 5.74) is 8.03. The molecule has 1 heterocycles. The highest BCUT2D eigenvalue weighted by Gasteiger charge is 2.31. The lowest BCUT2D eigenvalue weighted by Gasteiger charge is -2.18. The molecule has 1 unspecified atom stereocenters. The summed E-state index contributed by atoms with van der Waals surface area (Å²) in [7, 11) is -1.95. The Morgan fingerprint density at radius 2 is 2.04 bits per heavy atom. The SMILES string of the molecule is CCCOc1cc2c(cc1C(N)CCc1ccc(OC)c(O)c1)OCS2(=O)=O. The zero-order valence-corrected chi connectivity index (χ0v) is 16.8. The molecule has 3 rings (SSSR count). The minimum atomic E-state index is -3.44. The van der Waals surface area contributed by atoms with Gasteiger partial charge in [0.05, 0.1) is 13.7 Å². The highest BCUT2D eigenvalue weighted by molar-refractivity contribution is 7.91. The van der Waals surface area contributed by atoms with E-state index in [-0.39, 0.29) is 22.6 Å². The summed E-state index contributed by atoms with van der Waals surface area (Å²) in [6, 6.07) is 8.03. The Balaban J connectivity index is 1.82. The largest absolute Gasteiger partial charge is 0.504 e.